The molecule has 1 aliphatic heterocycles. The average molecular weight is 398 g/mol. The van der Waals surface area contributed by atoms with Crippen LogP contribution in [0.2, 0.25) is 5.02 Å². The van der Waals surface area contributed by atoms with Crippen molar-refractivity contribution in [2.24, 2.45) is 10.8 Å². The Hall–Kier alpha value is -0.620. The second-order valence-electron chi connectivity index (χ2n) is 8.92. The maximum Gasteiger partial charge on any atom is 0.253 e. The molecule has 0 spiro atoms. The summed E-state index contributed by atoms with van der Waals surface area (Å²) in [7, 11) is -3.48. The van der Waals surface area contributed by atoms with Crippen molar-refractivity contribution >= 4 is 43.0 Å². The van der Waals surface area contributed by atoms with Crippen LogP contribution in [-0.2, 0) is 10.0 Å². The number of thiophene rings is 1. The zero-order valence-corrected chi connectivity index (χ0v) is 17.5. The van der Waals surface area contributed by atoms with Crippen LogP contribution in [0.3, 0.4) is 0 Å². The average Bonchev–Trinajstić information content (AvgIpc) is 2.93. The fraction of sp³-hybridized carbons (Fsp3) is 0.579. The van der Waals surface area contributed by atoms with Gasteiger partial charge in [0.2, 0.25) is 0 Å². The van der Waals surface area contributed by atoms with E-state index in [0.29, 0.717) is 15.8 Å². The van der Waals surface area contributed by atoms with Crippen molar-refractivity contribution in [1.29, 1.82) is 0 Å². The van der Waals surface area contributed by atoms with Gasteiger partial charge in [-0.25, -0.2) is 8.42 Å². The Balaban J connectivity index is 1.80. The molecule has 25 heavy (non-hydrogen) atoms. The topological polar surface area (TPSA) is 37.4 Å². The van der Waals surface area contributed by atoms with Gasteiger partial charge in [-0.05, 0) is 66.2 Å². The summed E-state index contributed by atoms with van der Waals surface area (Å²) in [6, 6.07) is 5.73. The number of hydrogen-bond acceptors (Lipinski definition) is 3. The molecule has 4 rings (SSSR count). The number of nitrogens with zero attached hydrogens (tertiary/aromatic N) is 1. The van der Waals surface area contributed by atoms with E-state index in [0.717, 1.165) is 34.9 Å². The van der Waals surface area contributed by atoms with Crippen LogP contribution in [0, 0.1) is 17.8 Å². The van der Waals surface area contributed by atoms with Gasteiger partial charge in [-0.2, -0.15) is 4.31 Å². The fourth-order valence-electron chi connectivity index (χ4n) is 5.21. The van der Waals surface area contributed by atoms with E-state index in [-0.39, 0.29) is 16.9 Å². The molecule has 0 amide bonds. The highest BCUT2D eigenvalue weighted by Gasteiger charge is 2.53. The molecule has 3 nitrogen and oxygen atoms in total. The van der Waals surface area contributed by atoms with E-state index in [1.165, 1.54) is 11.3 Å². The summed E-state index contributed by atoms with van der Waals surface area (Å²) in [6.45, 7) is 9.31. The van der Waals surface area contributed by atoms with E-state index in [4.69, 9.17) is 11.6 Å². The molecule has 1 aromatic heterocycles. The molecular weight excluding hydrogens is 374 g/mol. The first-order valence-electron chi connectivity index (χ1n) is 8.71. The Kier molecular flexibility index (Phi) is 3.87. The van der Waals surface area contributed by atoms with Gasteiger partial charge >= 0.3 is 0 Å². The Labute approximate surface area is 159 Å². The monoisotopic (exact) mass is 397 g/mol. The molecule has 2 bridgehead atoms. The number of benzene rings is 1. The smallest absolute Gasteiger partial charge is 0.206 e. The predicted molar refractivity (Wildman–Crippen MR) is 105 cm³/mol. The lowest BCUT2D eigenvalue weighted by molar-refractivity contribution is 0.133. The molecular formula is C19H24ClNO2S2. The van der Waals surface area contributed by atoms with E-state index >= 15 is 0 Å². The molecule has 0 radical (unpaired) electrons. The minimum atomic E-state index is -3.48. The van der Waals surface area contributed by atoms with Crippen LogP contribution in [0.5, 0.6) is 0 Å². The summed E-state index contributed by atoms with van der Waals surface area (Å²) in [4.78, 5) is 0. The molecule has 1 saturated heterocycles. The van der Waals surface area contributed by atoms with Gasteiger partial charge in [0.1, 0.15) is 4.21 Å². The highest BCUT2D eigenvalue weighted by Crippen LogP contribution is 2.54. The van der Waals surface area contributed by atoms with Crippen LogP contribution < -0.4 is 0 Å². The summed E-state index contributed by atoms with van der Waals surface area (Å²) in [5.74, 6) is 0. The van der Waals surface area contributed by atoms with Gasteiger partial charge in [0.25, 0.3) is 10.0 Å². The third kappa shape index (κ3) is 2.84. The molecule has 2 aliphatic rings. The van der Waals surface area contributed by atoms with Crippen LogP contribution in [0.1, 0.15) is 45.6 Å². The molecule has 1 saturated carbocycles. The Morgan fingerprint density at radius 2 is 1.96 bits per heavy atom. The Bertz CT molecular complexity index is 963. The van der Waals surface area contributed by atoms with Gasteiger partial charge < -0.3 is 0 Å². The fourth-order valence-corrected chi connectivity index (χ4v) is 9.02. The van der Waals surface area contributed by atoms with Crippen molar-refractivity contribution in [2.75, 3.05) is 6.54 Å². The van der Waals surface area contributed by atoms with Crippen LogP contribution in [-0.4, -0.2) is 25.3 Å². The number of rotatable bonds is 2. The minimum absolute atomic E-state index is 0.0907. The summed E-state index contributed by atoms with van der Waals surface area (Å²) in [5.41, 5.74) is 1.12. The quantitative estimate of drug-likeness (QED) is 0.675. The predicted octanol–water partition coefficient (Wildman–Crippen LogP) is 5.45. The van der Waals surface area contributed by atoms with Crippen molar-refractivity contribution in [1.82, 2.24) is 4.31 Å². The second-order valence-corrected chi connectivity index (χ2v) is 12.5. The number of hydrogen-bond donors (Lipinski definition) is 0. The van der Waals surface area contributed by atoms with Gasteiger partial charge in [0.05, 0.1) is 0 Å². The normalized spacial score (nSPS) is 29.4. The molecule has 2 atom stereocenters. The maximum absolute atomic E-state index is 13.5. The maximum atomic E-state index is 13.5. The highest BCUT2D eigenvalue weighted by atomic mass is 35.5. The molecule has 2 fully saturated rings. The molecule has 2 unspecified atom stereocenters. The van der Waals surface area contributed by atoms with Crippen molar-refractivity contribution in [3.63, 3.8) is 0 Å². The standard InChI is InChI=1S/C19H24ClNO2S2/c1-12-15-7-13(20)5-6-16(15)24-17(12)25(22,23)21-11-19(4)9-14(21)8-18(2,3)10-19/h5-7,14H,8-11H2,1-4H3. The number of halogens is 1. The lowest BCUT2D eigenvalue weighted by Gasteiger charge is -2.39. The molecule has 2 aromatic rings. The molecule has 0 N–H and O–H groups in total. The first-order chi connectivity index (χ1) is 11.5. The summed E-state index contributed by atoms with van der Waals surface area (Å²) in [5, 5.41) is 1.59. The first kappa shape index (κ1) is 17.8. The number of sulfonamides is 1. The molecule has 1 aliphatic carbocycles. The van der Waals surface area contributed by atoms with Crippen LogP contribution in [0.15, 0.2) is 22.4 Å². The van der Waals surface area contributed by atoms with Crippen molar-refractivity contribution in [2.45, 2.75) is 57.2 Å². The Morgan fingerprint density at radius 1 is 1.24 bits per heavy atom. The Morgan fingerprint density at radius 3 is 2.68 bits per heavy atom. The largest absolute Gasteiger partial charge is 0.253 e. The number of fused-ring (bicyclic) bond motifs is 3. The van der Waals surface area contributed by atoms with Crippen LogP contribution >= 0.6 is 22.9 Å². The van der Waals surface area contributed by atoms with E-state index in [1.54, 1.807) is 4.31 Å². The van der Waals surface area contributed by atoms with Crippen LogP contribution in [0.4, 0.5) is 0 Å². The van der Waals surface area contributed by atoms with E-state index in [9.17, 15) is 8.42 Å². The summed E-state index contributed by atoms with van der Waals surface area (Å²) >= 11 is 7.48. The zero-order valence-electron chi connectivity index (χ0n) is 15.1. The van der Waals surface area contributed by atoms with Gasteiger partial charge in [0, 0.05) is 22.3 Å². The lowest BCUT2D eigenvalue weighted by Crippen LogP contribution is -2.37. The summed E-state index contributed by atoms with van der Waals surface area (Å²) < 4.78 is 30.3. The van der Waals surface area contributed by atoms with Gasteiger partial charge in [-0.1, -0.05) is 32.4 Å². The van der Waals surface area contributed by atoms with Crippen LogP contribution in [0.25, 0.3) is 10.1 Å². The van der Waals surface area contributed by atoms with E-state index in [2.05, 4.69) is 20.8 Å². The third-order valence-corrected chi connectivity index (χ3v) is 9.77. The first-order valence-corrected chi connectivity index (χ1v) is 11.3. The van der Waals surface area contributed by atoms with E-state index < -0.39 is 10.0 Å². The minimum Gasteiger partial charge on any atom is -0.206 e. The van der Waals surface area contributed by atoms with Gasteiger partial charge in [-0.15, -0.1) is 11.3 Å². The zero-order chi connectivity index (χ0) is 18.2. The van der Waals surface area contributed by atoms with Crippen molar-refractivity contribution in [3.8, 4) is 0 Å². The van der Waals surface area contributed by atoms with Crippen molar-refractivity contribution in [3.05, 3.63) is 28.8 Å². The molecule has 6 heteroatoms. The highest BCUT2D eigenvalue weighted by molar-refractivity contribution is 7.91. The second kappa shape index (κ2) is 5.44. The molecule has 2 heterocycles. The molecule has 136 valence electrons. The number of aryl methyl sites for hydroxylation is 1. The summed E-state index contributed by atoms with van der Waals surface area (Å²) in [6.07, 6.45) is 3.01. The third-order valence-electron chi connectivity index (χ3n) is 5.76. The molecule has 1 aromatic carbocycles. The lowest BCUT2D eigenvalue weighted by atomic mass is 9.65. The van der Waals surface area contributed by atoms with E-state index in [1.807, 2.05) is 25.1 Å². The SMILES string of the molecule is Cc1c(S(=O)(=O)N2CC3(C)CC2CC(C)(C)C3)sc2ccc(Cl)cc12. The van der Waals surface area contributed by atoms with Crippen molar-refractivity contribution < 1.29 is 8.42 Å². The van der Waals surface area contributed by atoms with Gasteiger partial charge in [0.15, 0.2) is 0 Å². The van der Waals surface area contributed by atoms with Gasteiger partial charge in [-0.3, -0.25) is 0 Å².